The van der Waals surface area contributed by atoms with Gasteiger partial charge in [0.2, 0.25) is 0 Å². The summed E-state index contributed by atoms with van der Waals surface area (Å²) in [6.45, 7) is 9.46. The molecule has 2 aromatic carbocycles. The molecule has 1 aliphatic rings. The summed E-state index contributed by atoms with van der Waals surface area (Å²) in [6.07, 6.45) is 0. The number of hydrogen-bond acceptors (Lipinski definition) is 4. The third kappa shape index (κ3) is 3.13. The van der Waals surface area contributed by atoms with E-state index in [1.54, 1.807) is 0 Å². The van der Waals surface area contributed by atoms with Gasteiger partial charge in [-0.25, -0.2) is 4.99 Å². The summed E-state index contributed by atoms with van der Waals surface area (Å²) in [5.41, 5.74) is 3.38. The van der Waals surface area contributed by atoms with Gasteiger partial charge in [-0.1, -0.05) is 23.8 Å². The van der Waals surface area contributed by atoms with Gasteiger partial charge in [0.25, 0.3) is 0 Å². The van der Waals surface area contributed by atoms with Gasteiger partial charge < -0.3 is 14.1 Å². The van der Waals surface area contributed by atoms with Crippen LogP contribution in [0.4, 0.5) is 11.4 Å². The van der Waals surface area contributed by atoms with Gasteiger partial charge in [-0.05, 0) is 45.0 Å². The minimum Gasteiger partial charge on any atom is -0.465 e. The summed E-state index contributed by atoms with van der Waals surface area (Å²) in [4.78, 5) is 7.29. The number of hydrogen-bond donors (Lipinski definition) is 0. The normalized spacial score (nSPS) is 15.7. The summed E-state index contributed by atoms with van der Waals surface area (Å²) >= 11 is 0. The Bertz CT molecular complexity index is 997. The van der Waals surface area contributed by atoms with Gasteiger partial charge >= 0.3 is 0 Å². The standard InChI is InChI=1S/C22H24N2O2/c1-15-7-9-18(10-8-15)23-19-5-4-6-20(24-11-13-25-14-12-24)22-17(3)26-16(2)21(19)22/h4-10H,11-14H2,1-3H3. The second-order valence-corrected chi connectivity index (χ2v) is 6.81. The number of morpholine rings is 1. The van der Waals surface area contributed by atoms with Crippen molar-refractivity contribution >= 4 is 22.1 Å². The molecular formula is C22H24N2O2. The van der Waals surface area contributed by atoms with Crippen LogP contribution in [0.15, 0.2) is 51.9 Å². The molecular weight excluding hydrogens is 324 g/mol. The van der Waals surface area contributed by atoms with Gasteiger partial charge in [0.15, 0.2) is 0 Å². The summed E-state index contributed by atoms with van der Waals surface area (Å²) in [7, 11) is 0. The molecule has 0 unspecified atom stereocenters. The lowest BCUT2D eigenvalue weighted by Crippen LogP contribution is -2.36. The van der Waals surface area contributed by atoms with Crippen molar-refractivity contribution in [3.05, 3.63) is 64.9 Å². The monoisotopic (exact) mass is 348 g/mol. The van der Waals surface area contributed by atoms with Gasteiger partial charge in [-0.3, -0.25) is 0 Å². The number of anilines is 1. The number of benzene rings is 1. The molecule has 1 aliphatic heterocycles. The van der Waals surface area contributed by atoms with E-state index in [9.17, 15) is 0 Å². The molecule has 1 fully saturated rings. The van der Waals surface area contributed by atoms with Crippen LogP contribution in [0.25, 0.3) is 10.8 Å². The van der Waals surface area contributed by atoms with Crippen LogP contribution in [0.2, 0.25) is 0 Å². The Hall–Kier alpha value is -2.59. The van der Waals surface area contributed by atoms with Gasteiger partial charge in [0.05, 0.1) is 29.6 Å². The number of nitrogens with zero attached hydrogens (tertiary/aromatic N) is 2. The fourth-order valence-electron chi connectivity index (χ4n) is 3.62. The van der Waals surface area contributed by atoms with Crippen molar-refractivity contribution in [3.8, 4) is 0 Å². The predicted molar refractivity (Wildman–Crippen MR) is 105 cm³/mol. The van der Waals surface area contributed by atoms with E-state index in [0.717, 1.165) is 59.6 Å². The molecule has 0 radical (unpaired) electrons. The third-order valence-electron chi connectivity index (χ3n) is 4.92. The average molecular weight is 348 g/mol. The zero-order chi connectivity index (χ0) is 18.1. The molecule has 0 saturated carbocycles. The molecule has 3 aromatic rings. The van der Waals surface area contributed by atoms with Crippen LogP contribution < -0.4 is 10.3 Å². The van der Waals surface area contributed by atoms with E-state index in [1.807, 2.05) is 13.8 Å². The molecule has 4 heteroatoms. The van der Waals surface area contributed by atoms with Gasteiger partial charge in [-0.2, -0.15) is 0 Å². The molecule has 0 atom stereocenters. The van der Waals surface area contributed by atoms with Crippen LogP contribution in [0.3, 0.4) is 0 Å². The number of aryl methyl sites for hydroxylation is 3. The molecule has 4 nitrogen and oxygen atoms in total. The highest BCUT2D eigenvalue weighted by molar-refractivity contribution is 5.96. The zero-order valence-corrected chi connectivity index (χ0v) is 15.6. The Labute approximate surface area is 153 Å². The highest BCUT2D eigenvalue weighted by atomic mass is 16.5. The molecule has 26 heavy (non-hydrogen) atoms. The minimum absolute atomic E-state index is 0.760. The molecule has 134 valence electrons. The highest BCUT2D eigenvalue weighted by Crippen LogP contribution is 2.31. The van der Waals surface area contributed by atoms with Crippen molar-refractivity contribution in [3.63, 3.8) is 0 Å². The smallest absolute Gasteiger partial charge is 0.111 e. The van der Waals surface area contributed by atoms with E-state index in [1.165, 1.54) is 11.3 Å². The Morgan fingerprint density at radius 3 is 2.27 bits per heavy atom. The first-order chi connectivity index (χ1) is 12.6. The van der Waals surface area contributed by atoms with Crippen LogP contribution >= 0.6 is 0 Å². The SMILES string of the molecule is Cc1ccc(N=c2cccc(N3CCOCC3)c3c(C)oc(C)c23)cc1. The first-order valence-electron chi connectivity index (χ1n) is 9.10. The van der Waals surface area contributed by atoms with Gasteiger partial charge in [-0.15, -0.1) is 0 Å². The lowest BCUT2D eigenvalue weighted by molar-refractivity contribution is 0.123. The van der Waals surface area contributed by atoms with Crippen molar-refractivity contribution in [2.45, 2.75) is 20.8 Å². The Kier molecular flexibility index (Phi) is 4.51. The van der Waals surface area contributed by atoms with E-state index in [2.05, 4.69) is 54.3 Å². The molecule has 0 N–H and O–H groups in total. The van der Waals surface area contributed by atoms with Crippen LogP contribution in [-0.2, 0) is 4.74 Å². The molecule has 0 aliphatic carbocycles. The molecule has 1 aromatic heterocycles. The van der Waals surface area contributed by atoms with Gasteiger partial charge in [0, 0.05) is 24.2 Å². The lowest BCUT2D eigenvalue weighted by atomic mass is 10.1. The van der Waals surface area contributed by atoms with Crippen LogP contribution in [-0.4, -0.2) is 26.3 Å². The van der Waals surface area contributed by atoms with Crippen molar-refractivity contribution in [2.75, 3.05) is 31.2 Å². The van der Waals surface area contributed by atoms with Crippen molar-refractivity contribution < 1.29 is 9.15 Å². The highest BCUT2D eigenvalue weighted by Gasteiger charge is 2.18. The first kappa shape index (κ1) is 16.9. The molecule has 0 amide bonds. The maximum atomic E-state index is 6.02. The summed E-state index contributed by atoms with van der Waals surface area (Å²) in [5.74, 6) is 1.85. The number of furan rings is 1. The van der Waals surface area contributed by atoms with E-state index < -0.39 is 0 Å². The number of rotatable bonds is 2. The average Bonchev–Trinajstić information content (AvgIpc) is 2.82. The number of fused-ring (bicyclic) bond motifs is 1. The first-order valence-corrected chi connectivity index (χ1v) is 9.10. The summed E-state index contributed by atoms with van der Waals surface area (Å²) < 4.78 is 11.5. The van der Waals surface area contributed by atoms with Crippen LogP contribution in [0.1, 0.15) is 17.1 Å². The minimum atomic E-state index is 0.760. The third-order valence-corrected chi connectivity index (χ3v) is 4.92. The topological polar surface area (TPSA) is 38.0 Å². The molecule has 0 bridgehead atoms. The van der Waals surface area contributed by atoms with E-state index in [4.69, 9.17) is 14.1 Å². The van der Waals surface area contributed by atoms with Gasteiger partial charge in [0.1, 0.15) is 11.5 Å². The Morgan fingerprint density at radius 1 is 0.846 bits per heavy atom. The van der Waals surface area contributed by atoms with Crippen LogP contribution in [0.5, 0.6) is 0 Å². The van der Waals surface area contributed by atoms with Crippen molar-refractivity contribution in [2.24, 2.45) is 4.99 Å². The Morgan fingerprint density at radius 2 is 1.54 bits per heavy atom. The zero-order valence-electron chi connectivity index (χ0n) is 15.6. The second-order valence-electron chi connectivity index (χ2n) is 6.81. The quantitative estimate of drug-likeness (QED) is 0.688. The maximum absolute atomic E-state index is 6.02. The summed E-state index contributed by atoms with van der Waals surface area (Å²) in [6, 6.07) is 14.6. The predicted octanol–water partition coefficient (Wildman–Crippen LogP) is 4.43. The fraction of sp³-hybridized carbons (Fsp3) is 0.318. The van der Waals surface area contributed by atoms with E-state index >= 15 is 0 Å². The second kappa shape index (κ2) is 6.96. The summed E-state index contributed by atoms with van der Waals surface area (Å²) in [5, 5.41) is 3.19. The van der Waals surface area contributed by atoms with Crippen molar-refractivity contribution in [1.82, 2.24) is 0 Å². The van der Waals surface area contributed by atoms with E-state index in [-0.39, 0.29) is 0 Å². The molecule has 4 rings (SSSR count). The lowest BCUT2D eigenvalue weighted by Gasteiger charge is -2.29. The van der Waals surface area contributed by atoms with Crippen LogP contribution in [0, 0.1) is 20.8 Å². The Balaban J connectivity index is 1.97. The van der Waals surface area contributed by atoms with Crippen molar-refractivity contribution in [1.29, 1.82) is 0 Å². The molecule has 1 saturated heterocycles. The fourth-order valence-corrected chi connectivity index (χ4v) is 3.62. The maximum Gasteiger partial charge on any atom is 0.111 e. The number of ether oxygens (including phenoxy) is 1. The molecule has 2 heterocycles. The van der Waals surface area contributed by atoms with E-state index in [0.29, 0.717) is 0 Å². The molecule has 0 spiro atoms. The largest absolute Gasteiger partial charge is 0.465 e.